The maximum Gasteiger partial charge on any atom is 0.337 e. The van der Waals surface area contributed by atoms with Crippen LogP contribution in [0, 0.1) is 0 Å². The summed E-state index contributed by atoms with van der Waals surface area (Å²) in [5.74, 6) is 0.503. The van der Waals surface area contributed by atoms with Crippen LogP contribution in [0.15, 0.2) is 24.0 Å². The van der Waals surface area contributed by atoms with Gasteiger partial charge in [0.2, 0.25) is 0 Å². The minimum absolute atomic E-state index is 0.267. The molecule has 0 aliphatic heterocycles. The molecule has 0 saturated carbocycles. The average Bonchev–Trinajstić information content (AvgIpc) is 2.61. The van der Waals surface area contributed by atoms with E-state index in [1.165, 1.54) is 7.11 Å². The van der Waals surface area contributed by atoms with Crippen LogP contribution in [-0.4, -0.2) is 19.7 Å². The summed E-state index contributed by atoms with van der Waals surface area (Å²) in [5, 5.41) is 0. The first kappa shape index (κ1) is 9.84. The molecular formula is C10H14O3. The van der Waals surface area contributed by atoms with Gasteiger partial charge in [-0.2, -0.15) is 0 Å². The maximum absolute atomic E-state index is 11.2. The zero-order chi connectivity index (χ0) is 9.68. The molecule has 0 radical (unpaired) electrons. The van der Waals surface area contributed by atoms with E-state index >= 15 is 0 Å². The minimum Gasteiger partial charge on any atom is -0.493 e. The summed E-state index contributed by atoms with van der Waals surface area (Å²) in [4.78, 5) is 11.2. The van der Waals surface area contributed by atoms with E-state index in [0.29, 0.717) is 12.2 Å². The molecule has 1 aliphatic rings. The molecule has 1 rings (SSSR count). The molecule has 0 bridgehead atoms. The Kier molecular flexibility index (Phi) is 3.55. The summed E-state index contributed by atoms with van der Waals surface area (Å²) in [7, 11) is 1.39. The Morgan fingerprint density at radius 1 is 1.62 bits per heavy atom. The van der Waals surface area contributed by atoms with Gasteiger partial charge in [-0.1, -0.05) is 12.7 Å². The molecule has 0 N–H and O–H groups in total. The molecule has 0 atom stereocenters. The minimum atomic E-state index is -0.267. The molecule has 0 aromatic rings. The van der Waals surface area contributed by atoms with E-state index in [9.17, 15) is 4.79 Å². The van der Waals surface area contributed by atoms with Crippen LogP contribution >= 0.6 is 0 Å². The van der Waals surface area contributed by atoms with E-state index in [1.54, 1.807) is 6.08 Å². The van der Waals surface area contributed by atoms with Crippen molar-refractivity contribution in [2.75, 3.05) is 13.7 Å². The molecule has 0 heterocycles. The quantitative estimate of drug-likeness (QED) is 0.491. The van der Waals surface area contributed by atoms with Crippen LogP contribution in [0.4, 0.5) is 0 Å². The third-order valence-electron chi connectivity index (χ3n) is 1.97. The molecule has 13 heavy (non-hydrogen) atoms. The molecule has 0 aromatic heterocycles. The lowest BCUT2D eigenvalue weighted by atomic mass is 10.2. The number of hydrogen-bond donors (Lipinski definition) is 0. The summed E-state index contributed by atoms with van der Waals surface area (Å²) >= 11 is 0. The van der Waals surface area contributed by atoms with Gasteiger partial charge in [0.25, 0.3) is 0 Å². The summed E-state index contributed by atoms with van der Waals surface area (Å²) in [6.45, 7) is 4.00. The topological polar surface area (TPSA) is 35.5 Å². The van der Waals surface area contributed by atoms with Crippen molar-refractivity contribution in [1.29, 1.82) is 0 Å². The van der Waals surface area contributed by atoms with Crippen LogP contribution in [0.3, 0.4) is 0 Å². The predicted molar refractivity (Wildman–Crippen MR) is 49.0 cm³/mol. The monoisotopic (exact) mass is 182 g/mol. The Morgan fingerprint density at radius 3 is 3.00 bits per heavy atom. The van der Waals surface area contributed by atoms with E-state index in [0.717, 1.165) is 25.0 Å². The Balaban J connectivity index is 2.65. The van der Waals surface area contributed by atoms with E-state index in [4.69, 9.17) is 4.74 Å². The highest BCUT2D eigenvalue weighted by molar-refractivity contribution is 5.89. The largest absolute Gasteiger partial charge is 0.493 e. The zero-order valence-electron chi connectivity index (χ0n) is 7.84. The molecule has 0 unspecified atom stereocenters. The number of rotatable bonds is 4. The first-order valence-electron chi connectivity index (χ1n) is 4.33. The molecule has 3 heteroatoms. The molecular weight excluding hydrogens is 168 g/mol. The summed E-state index contributed by atoms with van der Waals surface area (Å²) < 4.78 is 9.99. The van der Waals surface area contributed by atoms with Crippen LogP contribution in [0.25, 0.3) is 0 Å². The maximum atomic E-state index is 11.2. The Labute approximate surface area is 78.0 Å². The third kappa shape index (κ3) is 2.34. The lowest BCUT2D eigenvalue weighted by Crippen LogP contribution is -2.05. The van der Waals surface area contributed by atoms with Gasteiger partial charge in [-0.05, 0) is 12.8 Å². The van der Waals surface area contributed by atoms with Crippen LogP contribution in [0.2, 0.25) is 0 Å². The smallest absolute Gasteiger partial charge is 0.337 e. The highest BCUT2D eigenvalue weighted by atomic mass is 16.5. The lowest BCUT2D eigenvalue weighted by molar-refractivity contribution is -0.136. The molecule has 3 nitrogen and oxygen atoms in total. The van der Waals surface area contributed by atoms with Crippen molar-refractivity contribution >= 4 is 5.97 Å². The van der Waals surface area contributed by atoms with Crippen LogP contribution in [-0.2, 0) is 14.3 Å². The van der Waals surface area contributed by atoms with E-state index in [1.807, 2.05) is 0 Å². The molecule has 72 valence electrons. The van der Waals surface area contributed by atoms with E-state index in [2.05, 4.69) is 11.3 Å². The second-order valence-corrected chi connectivity index (χ2v) is 2.85. The van der Waals surface area contributed by atoms with Gasteiger partial charge in [0.1, 0.15) is 12.4 Å². The number of methoxy groups -OCH3 is 1. The van der Waals surface area contributed by atoms with Crippen molar-refractivity contribution in [3.63, 3.8) is 0 Å². The van der Waals surface area contributed by atoms with Crippen molar-refractivity contribution < 1.29 is 14.3 Å². The standard InChI is InChI=1S/C10H14O3/c1-3-7-13-9-6-4-5-8(9)10(11)12-2/h3H,1,4-7H2,2H3. The van der Waals surface area contributed by atoms with Crippen molar-refractivity contribution in [3.8, 4) is 0 Å². The van der Waals surface area contributed by atoms with Gasteiger partial charge >= 0.3 is 5.97 Å². The highest BCUT2D eigenvalue weighted by Crippen LogP contribution is 2.27. The Bertz CT molecular complexity index is 241. The van der Waals surface area contributed by atoms with Crippen LogP contribution in [0.5, 0.6) is 0 Å². The predicted octanol–water partition coefficient (Wildman–Crippen LogP) is 1.80. The molecule has 1 aliphatic carbocycles. The summed E-state index contributed by atoms with van der Waals surface area (Å²) in [5.41, 5.74) is 0.685. The average molecular weight is 182 g/mol. The van der Waals surface area contributed by atoms with Gasteiger partial charge in [0.15, 0.2) is 0 Å². The first-order valence-corrected chi connectivity index (χ1v) is 4.33. The van der Waals surface area contributed by atoms with Gasteiger partial charge in [0, 0.05) is 6.42 Å². The molecule has 0 amide bonds. The summed E-state index contributed by atoms with van der Waals surface area (Å²) in [6.07, 6.45) is 4.23. The number of esters is 1. The second-order valence-electron chi connectivity index (χ2n) is 2.85. The number of hydrogen-bond acceptors (Lipinski definition) is 3. The fourth-order valence-corrected chi connectivity index (χ4v) is 1.37. The zero-order valence-corrected chi connectivity index (χ0v) is 7.84. The van der Waals surface area contributed by atoms with Crippen molar-refractivity contribution in [2.24, 2.45) is 0 Å². The molecule has 0 saturated heterocycles. The first-order chi connectivity index (χ1) is 6.29. The Morgan fingerprint density at radius 2 is 2.38 bits per heavy atom. The Hall–Kier alpha value is -1.25. The van der Waals surface area contributed by atoms with Crippen LogP contribution in [0.1, 0.15) is 19.3 Å². The molecule has 0 fully saturated rings. The molecule has 0 spiro atoms. The third-order valence-corrected chi connectivity index (χ3v) is 1.97. The highest BCUT2D eigenvalue weighted by Gasteiger charge is 2.22. The van der Waals surface area contributed by atoms with E-state index < -0.39 is 0 Å². The number of allylic oxidation sites excluding steroid dienone is 1. The van der Waals surface area contributed by atoms with Gasteiger partial charge in [-0.15, -0.1) is 0 Å². The second kappa shape index (κ2) is 4.70. The van der Waals surface area contributed by atoms with E-state index in [-0.39, 0.29) is 5.97 Å². The van der Waals surface area contributed by atoms with Crippen LogP contribution < -0.4 is 0 Å². The van der Waals surface area contributed by atoms with Crippen molar-refractivity contribution in [3.05, 3.63) is 24.0 Å². The van der Waals surface area contributed by atoms with Gasteiger partial charge in [0.05, 0.1) is 12.7 Å². The number of carbonyl (C=O) groups excluding carboxylic acids is 1. The fraction of sp³-hybridized carbons (Fsp3) is 0.500. The van der Waals surface area contributed by atoms with Gasteiger partial charge < -0.3 is 9.47 Å². The normalized spacial score (nSPS) is 15.8. The van der Waals surface area contributed by atoms with Crippen molar-refractivity contribution in [2.45, 2.75) is 19.3 Å². The number of carbonyl (C=O) groups is 1. The van der Waals surface area contributed by atoms with Gasteiger partial charge in [-0.25, -0.2) is 4.79 Å². The number of ether oxygens (including phenoxy) is 2. The molecule has 0 aromatic carbocycles. The lowest BCUT2D eigenvalue weighted by Gasteiger charge is -2.06. The van der Waals surface area contributed by atoms with Crippen molar-refractivity contribution in [1.82, 2.24) is 0 Å². The summed E-state index contributed by atoms with van der Waals surface area (Å²) in [6, 6.07) is 0. The SMILES string of the molecule is C=CCOC1=C(C(=O)OC)CCC1. The van der Waals surface area contributed by atoms with Gasteiger partial charge in [-0.3, -0.25) is 0 Å². The fourth-order valence-electron chi connectivity index (χ4n) is 1.37.